The van der Waals surface area contributed by atoms with Gasteiger partial charge in [0.1, 0.15) is 5.69 Å². The first-order chi connectivity index (χ1) is 6.95. The van der Waals surface area contributed by atoms with Gasteiger partial charge in [0, 0.05) is 13.1 Å². The molecule has 5 nitrogen and oxygen atoms in total. The first-order valence-electron chi connectivity index (χ1n) is 5.10. The molecule has 1 aromatic rings. The molecule has 2 rings (SSSR count). The van der Waals surface area contributed by atoms with Gasteiger partial charge in [0.15, 0.2) is 0 Å². The third-order valence-corrected chi connectivity index (χ3v) is 2.44. The maximum absolute atomic E-state index is 5.52. The molecule has 5 heteroatoms. The molecule has 0 aliphatic carbocycles. The summed E-state index contributed by atoms with van der Waals surface area (Å²) in [5.74, 6) is 0. The van der Waals surface area contributed by atoms with E-state index in [0.717, 1.165) is 5.69 Å². The zero-order chi connectivity index (χ0) is 9.64. The van der Waals surface area contributed by atoms with Gasteiger partial charge in [-0.2, -0.15) is 15.4 Å². The predicted molar refractivity (Wildman–Crippen MR) is 51.5 cm³/mol. The Labute approximate surface area is 83.4 Å². The topological polar surface area (TPSA) is 54.0 Å². The second-order valence-electron chi connectivity index (χ2n) is 3.62. The Hall–Kier alpha value is -0.940. The summed E-state index contributed by atoms with van der Waals surface area (Å²) in [6, 6.07) is 0. The predicted octanol–water partition coefficient (Wildman–Crippen LogP) is 0.765. The molecular formula is C9H16N4O. The average molecular weight is 196 g/mol. The summed E-state index contributed by atoms with van der Waals surface area (Å²) in [6.45, 7) is 3.59. The number of rotatable bonds is 4. The van der Waals surface area contributed by atoms with Crippen molar-refractivity contribution in [3.05, 3.63) is 11.9 Å². The molecule has 1 aliphatic rings. The van der Waals surface area contributed by atoms with E-state index < -0.39 is 0 Å². The lowest BCUT2D eigenvalue weighted by Gasteiger charge is -2.25. The monoisotopic (exact) mass is 196 g/mol. The molecule has 1 aliphatic heterocycles. The summed E-state index contributed by atoms with van der Waals surface area (Å²) in [7, 11) is 0. The second kappa shape index (κ2) is 5.07. The summed E-state index contributed by atoms with van der Waals surface area (Å²) < 4.78 is 5.52. The van der Waals surface area contributed by atoms with Crippen molar-refractivity contribution in [1.82, 2.24) is 20.3 Å². The zero-order valence-corrected chi connectivity index (χ0v) is 8.28. The number of hydrogen-bond donors (Lipinski definition) is 1. The number of piperidine rings is 1. The van der Waals surface area contributed by atoms with Gasteiger partial charge in [0.25, 0.3) is 0 Å². The Morgan fingerprint density at radius 3 is 2.93 bits per heavy atom. The Morgan fingerprint density at radius 2 is 2.21 bits per heavy atom. The maximum atomic E-state index is 5.52. The van der Waals surface area contributed by atoms with Crippen LogP contribution in [-0.2, 0) is 11.3 Å². The van der Waals surface area contributed by atoms with Crippen molar-refractivity contribution in [2.24, 2.45) is 0 Å². The Bertz CT molecular complexity index is 243. The standard InChI is InChI=1S/C9H16N4O/c1-2-4-13(5-3-1)8-14-7-9-6-10-12-11-9/h6H,1-5,7-8H2,(H,10,11,12). The number of nitrogens with zero attached hydrogens (tertiary/aromatic N) is 3. The molecule has 1 N–H and O–H groups in total. The van der Waals surface area contributed by atoms with E-state index in [1.807, 2.05) is 0 Å². The minimum Gasteiger partial charge on any atom is -0.360 e. The van der Waals surface area contributed by atoms with Gasteiger partial charge in [0.2, 0.25) is 0 Å². The van der Waals surface area contributed by atoms with Crippen LogP contribution < -0.4 is 0 Å². The normalized spacial score (nSPS) is 18.6. The highest BCUT2D eigenvalue weighted by Crippen LogP contribution is 2.08. The highest BCUT2D eigenvalue weighted by molar-refractivity contribution is 4.86. The molecule has 0 aromatic carbocycles. The van der Waals surface area contributed by atoms with Crippen LogP contribution >= 0.6 is 0 Å². The van der Waals surface area contributed by atoms with E-state index in [1.54, 1.807) is 6.20 Å². The molecule has 0 saturated carbocycles. The van der Waals surface area contributed by atoms with Crippen LogP contribution in [0.2, 0.25) is 0 Å². The van der Waals surface area contributed by atoms with Crippen LogP contribution in [0, 0.1) is 0 Å². The van der Waals surface area contributed by atoms with E-state index in [2.05, 4.69) is 20.3 Å². The average Bonchev–Trinajstić information content (AvgIpc) is 2.72. The molecule has 1 saturated heterocycles. The van der Waals surface area contributed by atoms with Gasteiger partial charge in [-0.3, -0.25) is 4.90 Å². The maximum Gasteiger partial charge on any atom is 0.108 e. The van der Waals surface area contributed by atoms with E-state index in [9.17, 15) is 0 Å². The van der Waals surface area contributed by atoms with E-state index in [1.165, 1.54) is 32.4 Å². The summed E-state index contributed by atoms with van der Waals surface area (Å²) in [5, 5.41) is 10.2. The number of H-pyrrole nitrogens is 1. The molecule has 2 heterocycles. The Morgan fingerprint density at radius 1 is 1.36 bits per heavy atom. The third-order valence-electron chi connectivity index (χ3n) is 2.44. The van der Waals surface area contributed by atoms with Crippen molar-refractivity contribution in [2.75, 3.05) is 19.8 Å². The summed E-state index contributed by atoms with van der Waals surface area (Å²) in [6.07, 6.45) is 5.65. The number of aromatic nitrogens is 3. The van der Waals surface area contributed by atoms with Crippen LogP contribution in [0.25, 0.3) is 0 Å². The summed E-state index contributed by atoms with van der Waals surface area (Å²) in [4.78, 5) is 2.34. The number of aromatic amines is 1. The van der Waals surface area contributed by atoms with Gasteiger partial charge >= 0.3 is 0 Å². The number of hydrogen-bond acceptors (Lipinski definition) is 4. The van der Waals surface area contributed by atoms with Crippen molar-refractivity contribution in [3.63, 3.8) is 0 Å². The van der Waals surface area contributed by atoms with Crippen molar-refractivity contribution in [3.8, 4) is 0 Å². The lowest BCUT2D eigenvalue weighted by Crippen LogP contribution is -2.31. The molecule has 78 valence electrons. The Balaban J connectivity index is 1.62. The fourth-order valence-electron chi connectivity index (χ4n) is 1.66. The first-order valence-corrected chi connectivity index (χ1v) is 5.10. The van der Waals surface area contributed by atoms with Crippen molar-refractivity contribution < 1.29 is 4.74 Å². The minimum atomic E-state index is 0.549. The van der Waals surface area contributed by atoms with Gasteiger partial charge in [-0.15, -0.1) is 0 Å². The van der Waals surface area contributed by atoms with Crippen LogP contribution in [0.4, 0.5) is 0 Å². The van der Waals surface area contributed by atoms with Gasteiger partial charge in [-0.25, -0.2) is 0 Å². The van der Waals surface area contributed by atoms with E-state index >= 15 is 0 Å². The Kier molecular flexibility index (Phi) is 3.48. The van der Waals surface area contributed by atoms with Gasteiger partial charge in [-0.05, 0) is 12.8 Å². The summed E-state index contributed by atoms with van der Waals surface area (Å²) in [5.41, 5.74) is 0.863. The third kappa shape index (κ3) is 2.78. The first kappa shape index (κ1) is 9.61. The van der Waals surface area contributed by atoms with Crippen molar-refractivity contribution in [1.29, 1.82) is 0 Å². The molecule has 14 heavy (non-hydrogen) atoms. The largest absolute Gasteiger partial charge is 0.360 e. The highest BCUT2D eigenvalue weighted by Gasteiger charge is 2.09. The lowest BCUT2D eigenvalue weighted by atomic mass is 10.1. The zero-order valence-electron chi connectivity index (χ0n) is 8.28. The molecule has 1 fully saturated rings. The lowest BCUT2D eigenvalue weighted by molar-refractivity contribution is 0.00846. The van der Waals surface area contributed by atoms with E-state index in [4.69, 9.17) is 4.74 Å². The molecular weight excluding hydrogens is 180 g/mol. The van der Waals surface area contributed by atoms with Crippen LogP contribution in [0.15, 0.2) is 6.20 Å². The van der Waals surface area contributed by atoms with Gasteiger partial charge < -0.3 is 4.74 Å². The van der Waals surface area contributed by atoms with Gasteiger partial charge in [-0.1, -0.05) is 6.42 Å². The second-order valence-corrected chi connectivity index (χ2v) is 3.62. The van der Waals surface area contributed by atoms with E-state index in [0.29, 0.717) is 13.3 Å². The molecule has 0 radical (unpaired) electrons. The fraction of sp³-hybridized carbons (Fsp3) is 0.778. The molecule has 0 amide bonds. The minimum absolute atomic E-state index is 0.549. The van der Waals surface area contributed by atoms with Crippen LogP contribution in [0.5, 0.6) is 0 Å². The molecule has 0 unspecified atom stereocenters. The van der Waals surface area contributed by atoms with E-state index in [-0.39, 0.29) is 0 Å². The van der Waals surface area contributed by atoms with Crippen molar-refractivity contribution >= 4 is 0 Å². The van der Waals surface area contributed by atoms with Crippen LogP contribution in [-0.4, -0.2) is 40.1 Å². The molecule has 0 spiro atoms. The van der Waals surface area contributed by atoms with Crippen molar-refractivity contribution in [2.45, 2.75) is 25.9 Å². The molecule has 1 aromatic heterocycles. The quantitative estimate of drug-likeness (QED) is 0.772. The smallest absolute Gasteiger partial charge is 0.108 e. The fourth-order valence-corrected chi connectivity index (χ4v) is 1.66. The number of likely N-dealkylation sites (tertiary alicyclic amines) is 1. The summed E-state index contributed by atoms with van der Waals surface area (Å²) >= 11 is 0. The van der Waals surface area contributed by atoms with Crippen LogP contribution in [0.1, 0.15) is 25.0 Å². The SMILES string of the molecule is c1n[nH]nc1COCN1CCCCC1. The number of ether oxygens (including phenoxy) is 1. The number of nitrogens with one attached hydrogen (secondary N) is 1. The molecule has 0 atom stereocenters. The molecule has 0 bridgehead atoms. The van der Waals surface area contributed by atoms with Gasteiger partial charge in [0.05, 0.1) is 19.5 Å². The van der Waals surface area contributed by atoms with Crippen LogP contribution in [0.3, 0.4) is 0 Å². The highest BCUT2D eigenvalue weighted by atomic mass is 16.5.